The molecule has 41 heavy (non-hydrogen) atoms. The first-order valence-corrected chi connectivity index (χ1v) is 15.5. The zero-order chi connectivity index (χ0) is 29.1. The van der Waals surface area contributed by atoms with Crippen molar-refractivity contribution < 1.29 is 32.5 Å². The summed E-state index contributed by atoms with van der Waals surface area (Å²) in [6.07, 6.45) is 0.762. The lowest BCUT2D eigenvalue weighted by molar-refractivity contribution is -0.441. The van der Waals surface area contributed by atoms with E-state index in [2.05, 4.69) is 0 Å². The normalized spacial score (nSPS) is 25.7. The number of fused-ring (bicyclic) bond motifs is 2. The van der Waals surface area contributed by atoms with Crippen LogP contribution in [0.25, 0.3) is 0 Å². The van der Waals surface area contributed by atoms with Crippen LogP contribution in [0.3, 0.4) is 0 Å². The van der Waals surface area contributed by atoms with Gasteiger partial charge in [0.25, 0.3) is 0 Å². The third-order valence-corrected chi connectivity index (χ3v) is 10.1. The van der Waals surface area contributed by atoms with Crippen molar-refractivity contribution in [1.29, 1.82) is 0 Å². The predicted molar refractivity (Wildman–Crippen MR) is 152 cm³/mol. The van der Waals surface area contributed by atoms with Crippen molar-refractivity contribution in [3.05, 3.63) is 102 Å². The topological polar surface area (TPSA) is 99.2 Å². The van der Waals surface area contributed by atoms with Gasteiger partial charge in [0.15, 0.2) is 9.84 Å². The summed E-state index contributed by atoms with van der Waals surface area (Å²) >= 11 is 0. The summed E-state index contributed by atoms with van der Waals surface area (Å²) in [5.74, 6) is -2.06. The maximum Gasteiger partial charge on any atom is 0.397 e. The van der Waals surface area contributed by atoms with E-state index < -0.39 is 39.0 Å². The van der Waals surface area contributed by atoms with E-state index in [0.29, 0.717) is 19.3 Å². The van der Waals surface area contributed by atoms with Crippen LogP contribution in [0, 0.1) is 5.92 Å². The Kier molecular flexibility index (Phi) is 8.31. The molecule has 9 heteroatoms. The molecule has 0 aromatic heterocycles. The van der Waals surface area contributed by atoms with Crippen LogP contribution in [0.4, 0.5) is 0 Å². The Balaban J connectivity index is 1.26. The molecule has 8 nitrogen and oxygen atoms in total. The summed E-state index contributed by atoms with van der Waals surface area (Å²) in [5, 5.41) is 0. The summed E-state index contributed by atoms with van der Waals surface area (Å²) in [4.78, 5) is 39.9. The van der Waals surface area contributed by atoms with Crippen LogP contribution in [-0.4, -0.2) is 48.3 Å². The van der Waals surface area contributed by atoms with Crippen LogP contribution in [0.1, 0.15) is 44.2 Å². The molecule has 0 N–H and O–H groups in total. The maximum atomic E-state index is 13.4. The first-order valence-electron chi connectivity index (χ1n) is 13.8. The summed E-state index contributed by atoms with van der Waals surface area (Å²) in [7, 11) is -3.62. The van der Waals surface area contributed by atoms with Crippen LogP contribution in [0.15, 0.2) is 95.9 Å². The van der Waals surface area contributed by atoms with Gasteiger partial charge in [-0.2, -0.15) is 0 Å². The maximum absolute atomic E-state index is 13.4. The third-order valence-electron chi connectivity index (χ3n) is 8.19. The van der Waals surface area contributed by atoms with Gasteiger partial charge in [0, 0.05) is 13.1 Å². The van der Waals surface area contributed by atoms with Crippen molar-refractivity contribution in [3.8, 4) is 0 Å². The van der Waals surface area contributed by atoms with Crippen molar-refractivity contribution in [3.63, 3.8) is 0 Å². The van der Waals surface area contributed by atoms with Gasteiger partial charge in [0.1, 0.15) is 17.3 Å². The number of esters is 1. The molecule has 2 bridgehead atoms. The zero-order valence-corrected chi connectivity index (χ0v) is 24.1. The summed E-state index contributed by atoms with van der Waals surface area (Å²) in [6, 6.07) is 27.2. The number of amides is 1. The predicted octanol–water partition coefficient (Wildman–Crippen LogP) is 4.88. The van der Waals surface area contributed by atoms with E-state index in [0.717, 1.165) is 11.1 Å². The Morgan fingerprint density at radius 1 is 0.878 bits per heavy atom. The van der Waals surface area contributed by atoms with Gasteiger partial charge < -0.3 is 9.64 Å². The lowest BCUT2D eigenvalue weighted by Gasteiger charge is -2.51. The first-order chi connectivity index (χ1) is 19.6. The molecule has 3 aromatic rings. The summed E-state index contributed by atoms with van der Waals surface area (Å²) in [5.41, 5.74) is -0.377. The Morgan fingerprint density at radius 2 is 1.41 bits per heavy atom. The van der Waals surface area contributed by atoms with Crippen molar-refractivity contribution in [2.75, 3.05) is 5.75 Å². The molecule has 2 aliphatic rings. The lowest BCUT2D eigenvalue weighted by Crippen LogP contribution is -2.60. The smallest absolute Gasteiger partial charge is 0.397 e. The molecule has 1 amide bonds. The highest BCUT2D eigenvalue weighted by Crippen LogP contribution is 2.47. The molecule has 5 rings (SSSR count). The first kappa shape index (κ1) is 29.0. The van der Waals surface area contributed by atoms with Gasteiger partial charge in [-0.3, -0.25) is 4.79 Å². The zero-order valence-electron chi connectivity index (χ0n) is 23.3. The van der Waals surface area contributed by atoms with Gasteiger partial charge in [0.05, 0.1) is 10.6 Å². The Bertz CT molecular complexity index is 1420. The van der Waals surface area contributed by atoms with Crippen molar-refractivity contribution in [2.45, 2.75) is 68.4 Å². The minimum Gasteiger partial charge on any atom is -0.449 e. The quantitative estimate of drug-likeness (QED) is 0.214. The lowest BCUT2D eigenvalue weighted by atomic mass is 9.71. The van der Waals surface area contributed by atoms with E-state index in [1.54, 1.807) is 44.2 Å². The molecule has 0 spiro atoms. The summed E-state index contributed by atoms with van der Waals surface area (Å²) < 4.78 is 32.1. The fourth-order valence-corrected chi connectivity index (χ4v) is 7.49. The number of ether oxygens (including phenoxy) is 1. The fourth-order valence-electron chi connectivity index (χ4n) is 5.72. The molecule has 0 radical (unpaired) electrons. The number of hydrogen-bond donors (Lipinski definition) is 0. The second-order valence-corrected chi connectivity index (χ2v) is 13.3. The number of hydrogen-bond acceptors (Lipinski definition) is 7. The van der Waals surface area contributed by atoms with Crippen molar-refractivity contribution in [1.82, 2.24) is 4.90 Å². The summed E-state index contributed by atoms with van der Waals surface area (Å²) in [6.45, 7) is 3.99. The molecule has 1 aliphatic carbocycles. The number of carbonyl (C=O) groups excluding carboxylic acids is 2. The third kappa shape index (κ3) is 6.53. The van der Waals surface area contributed by atoms with Crippen molar-refractivity contribution >= 4 is 21.7 Å². The SMILES string of the molecule is CC1(OC(=O)C(=O)N(Cc2ccccc2)Cc2ccccc2)CCC2CC1OO[C@]2(C)CS(=O)(=O)c1ccccc1. The van der Waals surface area contributed by atoms with Gasteiger partial charge in [-0.15, -0.1) is 0 Å². The van der Waals surface area contributed by atoms with Crippen LogP contribution in [0.5, 0.6) is 0 Å². The number of carbonyl (C=O) groups is 2. The molecule has 1 heterocycles. The fraction of sp³-hybridized carbons (Fsp3) is 0.375. The molecular formula is C32H35NO7S. The van der Waals surface area contributed by atoms with Crippen LogP contribution in [-0.2, 0) is 47.0 Å². The highest BCUT2D eigenvalue weighted by atomic mass is 32.2. The van der Waals surface area contributed by atoms with Gasteiger partial charge >= 0.3 is 11.9 Å². The van der Waals surface area contributed by atoms with E-state index in [-0.39, 0.29) is 29.7 Å². The number of benzene rings is 3. The molecule has 216 valence electrons. The minimum absolute atomic E-state index is 0.130. The Morgan fingerprint density at radius 3 is 1.98 bits per heavy atom. The van der Waals surface area contributed by atoms with E-state index in [9.17, 15) is 18.0 Å². The van der Waals surface area contributed by atoms with Crippen LogP contribution < -0.4 is 0 Å². The van der Waals surface area contributed by atoms with Gasteiger partial charge in [-0.05, 0) is 62.3 Å². The Labute approximate surface area is 241 Å². The molecule has 1 saturated carbocycles. The second kappa shape index (κ2) is 11.8. The van der Waals surface area contributed by atoms with Gasteiger partial charge in [0.2, 0.25) is 0 Å². The molecule has 1 saturated heterocycles. The largest absolute Gasteiger partial charge is 0.449 e. The van der Waals surface area contributed by atoms with E-state index in [1.165, 1.54) is 4.90 Å². The molecule has 1 aliphatic heterocycles. The van der Waals surface area contributed by atoms with E-state index >= 15 is 0 Å². The van der Waals surface area contributed by atoms with E-state index in [1.807, 2.05) is 60.7 Å². The molecule has 4 atom stereocenters. The average Bonchev–Trinajstić information content (AvgIpc) is 2.97. The van der Waals surface area contributed by atoms with Crippen molar-refractivity contribution in [2.24, 2.45) is 5.92 Å². The number of rotatable bonds is 8. The highest BCUT2D eigenvalue weighted by Gasteiger charge is 2.56. The molecule has 3 aromatic carbocycles. The number of nitrogens with zero attached hydrogens (tertiary/aromatic N) is 1. The van der Waals surface area contributed by atoms with E-state index in [4.69, 9.17) is 14.5 Å². The highest BCUT2D eigenvalue weighted by molar-refractivity contribution is 7.91. The number of sulfone groups is 1. The minimum atomic E-state index is -3.62. The monoisotopic (exact) mass is 577 g/mol. The standard InChI is InChI=1S/C32H35NO7S/c1-31(19-18-26-20-28(31)39-40-32(26,2)23-41(36,37)27-16-10-5-11-17-27)38-30(35)29(34)33(21-24-12-6-3-7-13-24)22-25-14-8-4-9-15-25/h3-17,26,28H,18-23H2,1-2H3/t26?,28?,31?,32-/m1/s1. The molecule has 3 unspecified atom stereocenters. The average molecular weight is 578 g/mol. The van der Waals surface area contributed by atoms with Crippen LogP contribution >= 0.6 is 0 Å². The molecule has 2 fully saturated rings. The van der Waals surface area contributed by atoms with Gasteiger partial charge in [-0.1, -0.05) is 78.9 Å². The Hall–Kier alpha value is -3.53. The van der Waals surface area contributed by atoms with Crippen LogP contribution in [0.2, 0.25) is 0 Å². The molecular weight excluding hydrogens is 542 g/mol. The van der Waals surface area contributed by atoms with Gasteiger partial charge in [-0.25, -0.2) is 23.0 Å². The second-order valence-electron chi connectivity index (χ2n) is 11.4.